The molecule has 1 aromatic heterocycles. The highest BCUT2D eigenvalue weighted by molar-refractivity contribution is 9.10. The SMILES string of the molecule is O=C(O)c1cccc(Cn2ccnc2Cc2cccc(Br)c2)c1. The minimum Gasteiger partial charge on any atom is -0.478 e. The van der Waals surface area contributed by atoms with Crippen molar-refractivity contribution in [1.82, 2.24) is 9.55 Å². The molecule has 0 aliphatic heterocycles. The number of nitrogens with zero attached hydrogens (tertiary/aromatic N) is 2. The number of benzene rings is 2. The van der Waals surface area contributed by atoms with Crippen molar-refractivity contribution in [2.24, 2.45) is 0 Å². The minimum absolute atomic E-state index is 0.302. The van der Waals surface area contributed by atoms with Crippen LogP contribution in [0, 0.1) is 0 Å². The molecular weight excluding hydrogens is 356 g/mol. The van der Waals surface area contributed by atoms with Crippen molar-refractivity contribution in [3.63, 3.8) is 0 Å². The largest absolute Gasteiger partial charge is 0.478 e. The molecule has 3 rings (SSSR count). The summed E-state index contributed by atoms with van der Waals surface area (Å²) in [5.74, 6) is 0.0377. The van der Waals surface area contributed by atoms with Crippen molar-refractivity contribution in [1.29, 1.82) is 0 Å². The Hall–Kier alpha value is -2.40. The van der Waals surface area contributed by atoms with Gasteiger partial charge in [-0.3, -0.25) is 0 Å². The molecule has 0 aliphatic rings. The summed E-state index contributed by atoms with van der Waals surface area (Å²) < 4.78 is 3.09. The number of hydrogen-bond donors (Lipinski definition) is 1. The van der Waals surface area contributed by atoms with Crippen molar-refractivity contribution in [3.8, 4) is 0 Å². The van der Waals surface area contributed by atoms with Crippen LogP contribution in [0.15, 0.2) is 65.4 Å². The quantitative estimate of drug-likeness (QED) is 0.738. The van der Waals surface area contributed by atoms with Crippen LogP contribution in [0.2, 0.25) is 0 Å². The first-order valence-electron chi connectivity index (χ1n) is 7.18. The van der Waals surface area contributed by atoms with Crippen LogP contribution in [0.5, 0.6) is 0 Å². The van der Waals surface area contributed by atoms with Crippen LogP contribution in [0.4, 0.5) is 0 Å². The second-order valence-electron chi connectivity index (χ2n) is 5.28. The average Bonchev–Trinajstić information content (AvgIpc) is 2.94. The Morgan fingerprint density at radius 3 is 2.70 bits per heavy atom. The highest BCUT2D eigenvalue weighted by Crippen LogP contribution is 2.16. The predicted molar refractivity (Wildman–Crippen MR) is 91.7 cm³/mol. The summed E-state index contributed by atoms with van der Waals surface area (Å²) in [4.78, 5) is 15.5. The molecule has 23 heavy (non-hydrogen) atoms. The summed E-state index contributed by atoms with van der Waals surface area (Å²) in [6, 6.07) is 15.1. The summed E-state index contributed by atoms with van der Waals surface area (Å²) >= 11 is 3.48. The first kappa shape index (κ1) is 15.5. The number of carbonyl (C=O) groups is 1. The molecule has 1 N–H and O–H groups in total. The lowest BCUT2D eigenvalue weighted by Crippen LogP contribution is -2.06. The molecule has 0 radical (unpaired) electrons. The first-order valence-corrected chi connectivity index (χ1v) is 7.98. The van der Waals surface area contributed by atoms with Crippen molar-refractivity contribution in [2.45, 2.75) is 13.0 Å². The van der Waals surface area contributed by atoms with E-state index in [2.05, 4.69) is 33.0 Å². The van der Waals surface area contributed by atoms with E-state index in [1.165, 1.54) is 5.56 Å². The fourth-order valence-corrected chi connectivity index (χ4v) is 2.93. The lowest BCUT2D eigenvalue weighted by atomic mass is 10.1. The predicted octanol–water partition coefficient (Wildman–Crippen LogP) is 3.98. The van der Waals surface area contributed by atoms with E-state index in [4.69, 9.17) is 5.11 Å². The summed E-state index contributed by atoms with van der Waals surface area (Å²) in [5.41, 5.74) is 2.42. The number of aromatic nitrogens is 2. The molecule has 0 saturated carbocycles. The molecule has 0 aliphatic carbocycles. The topological polar surface area (TPSA) is 55.1 Å². The molecule has 1 heterocycles. The van der Waals surface area contributed by atoms with Gasteiger partial charge in [0.2, 0.25) is 0 Å². The van der Waals surface area contributed by atoms with Gasteiger partial charge in [-0.05, 0) is 35.4 Å². The van der Waals surface area contributed by atoms with E-state index in [1.54, 1.807) is 24.4 Å². The van der Waals surface area contributed by atoms with Crippen molar-refractivity contribution < 1.29 is 9.90 Å². The van der Waals surface area contributed by atoms with Crippen LogP contribution in [0.3, 0.4) is 0 Å². The maximum Gasteiger partial charge on any atom is 0.335 e. The average molecular weight is 371 g/mol. The highest BCUT2D eigenvalue weighted by Gasteiger charge is 2.07. The van der Waals surface area contributed by atoms with Crippen molar-refractivity contribution >= 4 is 21.9 Å². The second-order valence-corrected chi connectivity index (χ2v) is 6.20. The first-order chi connectivity index (χ1) is 11.1. The number of imidazole rings is 1. The number of halogens is 1. The van der Waals surface area contributed by atoms with E-state index in [9.17, 15) is 4.79 Å². The molecular formula is C18H15BrN2O2. The molecule has 0 saturated heterocycles. The van der Waals surface area contributed by atoms with Gasteiger partial charge in [-0.1, -0.05) is 40.2 Å². The van der Waals surface area contributed by atoms with Gasteiger partial charge in [-0.15, -0.1) is 0 Å². The van der Waals surface area contributed by atoms with Gasteiger partial charge in [-0.2, -0.15) is 0 Å². The van der Waals surface area contributed by atoms with Gasteiger partial charge in [0.15, 0.2) is 0 Å². The molecule has 2 aromatic carbocycles. The van der Waals surface area contributed by atoms with Crippen molar-refractivity contribution in [3.05, 3.63) is 87.9 Å². The molecule has 0 atom stereocenters. The van der Waals surface area contributed by atoms with E-state index < -0.39 is 5.97 Å². The number of carboxylic acid groups (broad SMARTS) is 1. The Labute approximate surface area is 142 Å². The van der Waals surface area contributed by atoms with Gasteiger partial charge in [-0.25, -0.2) is 9.78 Å². The number of hydrogen-bond acceptors (Lipinski definition) is 2. The second kappa shape index (κ2) is 6.79. The monoisotopic (exact) mass is 370 g/mol. The van der Waals surface area contributed by atoms with Crippen LogP contribution < -0.4 is 0 Å². The Morgan fingerprint density at radius 2 is 1.91 bits per heavy atom. The molecule has 0 unspecified atom stereocenters. The smallest absolute Gasteiger partial charge is 0.335 e. The molecule has 4 nitrogen and oxygen atoms in total. The fourth-order valence-electron chi connectivity index (χ4n) is 2.48. The van der Waals surface area contributed by atoms with Crippen molar-refractivity contribution in [2.75, 3.05) is 0 Å². The van der Waals surface area contributed by atoms with E-state index in [0.29, 0.717) is 12.1 Å². The molecule has 0 amide bonds. The standard InChI is InChI=1S/C18H15BrN2O2/c19-16-6-2-3-13(10-16)11-17-20-7-8-21(17)12-14-4-1-5-15(9-14)18(22)23/h1-10H,11-12H2,(H,22,23). The Balaban J connectivity index is 1.81. The molecule has 5 heteroatoms. The van der Waals surface area contributed by atoms with Crippen LogP contribution >= 0.6 is 15.9 Å². The van der Waals surface area contributed by atoms with Gasteiger partial charge in [0, 0.05) is 29.8 Å². The van der Waals surface area contributed by atoms with Gasteiger partial charge < -0.3 is 9.67 Å². The molecule has 0 spiro atoms. The fraction of sp³-hybridized carbons (Fsp3) is 0.111. The maximum absolute atomic E-state index is 11.1. The van der Waals surface area contributed by atoms with E-state index >= 15 is 0 Å². The lowest BCUT2D eigenvalue weighted by molar-refractivity contribution is 0.0696. The number of carboxylic acids is 1. The van der Waals surface area contributed by atoms with E-state index in [0.717, 1.165) is 22.3 Å². The maximum atomic E-state index is 11.1. The summed E-state index contributed by atoms with van der Waals surface area (Å²) in [6.07, 6.45) is 4.42. The van der Waals surface area contributed by atoms with Gasteiger partial charge in [0.25, 0.3) is 0 Å². The molecule has 0 fully saturated rings. The molecule has 0 bridgehead atoms. The summed E-state index contributed by atoms with van der Waals surface area (Å²) in [6.45, 7) is 0.602. The third kappa shape index (κ3) is 3.87. The van der Waals surface area contributed by atoms with Gasteiger partial charge in [0.05, 0.1) is 5.56 Å². The Bertz CT molecular complexity index is 842. The third-order valence-electron chi connectivity index (χ3n) is 3.58. The summed E-state index contributed by atoms with van der Waals surface area (Å²) in [7, 11) is 0. The van der Waals surface area contributed by atoms with Crippen LogP contribution in [0.25, 0.3) is 0 Å². The van der Waals surface area contributed by atoms with Crippen LogP contribution in [-0.2, 0) is 13.0 Å². The summed E-state index contributed by atoms with van der Waals surface area (Å²) in [5, 5.41) is 9.09. The Kier molecular flexibility index (Phi) is 4.57. The van der Waals surface area contributed by atoms with Gasteiger partial charge >= 0.3 is 5.97 Å². The molecule has 3 aromatic rings. The number of aromatic carboxylic acids is 1. The number of rotatable bonds is 5. The highest BCUT2D eigenvalue weighted by atomic mass is 79.9. The van der Waals surface area contributed by atoms with Gasteiger partial charge in [0.1, 0.15) is 5.82 Å². The lowest BCUT2D eigenvalue weighted by Gasteiger charge is -2.09. The normalized spacial score (nSPS) is 10.7. The zero-order chi connectivity index (χ0) is 16.2. The van der Waals surface area contributed by atoms with Crippen LogP contribution in [0.1, 0.15) is 27.3 Å². The van der Waals surface area contributed by atoms with E-state index in [-0.39, 0.29) is 0 Å². The van der Waals surface area contributed by atoms with Crippen LogP contribution in [-0.4, -0.2) is 20.6 Å². The Morgan fingerprint density at radius 1 is 1.13 bits per heavy atom. The van der Waals surface area contributed by atoms with E-state index in [1.807, 2.05) is 29.0 Å². The zero-order valence-electron chi connectivity index (χ0n) is 12.3. The molecule has 116 valence electrons. The third-order valence-corrected chi connectivity index (χ3v) is 4.07. The zero-order valence-corrected chi connectivity index (χ0v) is 13.9. The minimum atomic E-state index is -0.910.